The average molecular weight is 228 g/mol. The van der Waals surface area contributed by atoms with Gasteiger partial charge in [-0.3, -0.25) is 0 Å². The predicted octanol–water partition coefficient (Wildman–Crippen LogP) is 1.44. The number of rotatable bonds is 1. The van der Waals surface area contributed by atoms with Crippen molar-refractivity contribution in [3.05, 3.63) is 41.7 Å². The number of nitrogen functional groups attached to an aromatic ring is 1. The first-order chi connectivity index (χ1) is 8.24. The molecule has 1 aliphatic rings. The number of benzene rings is 1. The van der Waals surface area contributed by atoms with Crippen LogP contribution in [0.4, 0.5) is 5.69 Å². The van der Waals surface area contributed by atoms with Gasteiger partial charge in [-0.1, -0.05) is 0 Å². The van der Waals surface area contributed by atoms with Crippen LogP contribution in [0.5, 0.6) is 0 Å². The number of likely N-dealkylation sites (N-methyl/N-ethyl adjacent to an activating group) is 1. The number of hydrogen-bond acceptors (Lipinski definition) is 3. The Balaban J connectivity index is 2.04. The lowest BCUT2D eigenvalue weighted by Gasteiger charge is -2.23. The summed E-state index contributed by atoms with van der Waals surface area (Å²) in [6.07, 6.45) is 3.07. The summed E-state index contributed by atoms with van der Waals surface area (Å²) < 4.78 is 2.02. The van der Waals surface area contributed by atoms with E-state index in [-0.39, 0.29) is 0 Å². The standard InChI is InChI=1S/C13H16N4/c1-16-7-6-10-8-15-17(13(10)9-16)12-4-2-11(14)3-5-12/h2-5,8H,6-7,9,14H2,1H3. The Morgan fingerprint density at radius 2 is 2.00 bits per heavy atom. The van der Waals surface area contributed by atoms with Gasteiger partial charge in [0.15, 0.2) is 0 Å². The molecule has 17 heavy (non-hydrogen) atoms. The molecule has 0 unspecified atom stereocenters. The second-order valence-corrected chi connectivity index (χ2v) is 4.61. The fourth-order valence-corrected chi connectivity index (χ4v) is 2.27. The molecular weight excluding hydrogens is 212 g/mol. The van der Waals surface area contributed by atoms with Crippen molar-refractivity contribution in [3.63, 3.8) is 0 Å². The van der Waals surface area contributed by atoms with Gasteiger partial charge in [-0.15, -0.1) is 0 Å². The van der Waals surface area contributed by atoms with Crippen LogP contribution in [0.25, 0.3) is 5.69 Å². The SMILES string of the molecule is CN1CCc2cnn(-c3ccc(N)cc3)c2C1. The molecule has 2 heterocycles. The van der Waals surface area contributed by atoms with Crippen LogP contribution in [-0.2, 0) is 13.0 Å². The van der Waals surface area contributed by atoms with E-state index in [1.165, 1.54) is 11.3 Å². The maximum absolute atomic E-state index is 5.70. The summed E-state index contributed by atoms with van der Waals surface area (Å²) in [7, 11) is 2.14. The summed E-state index contributed by atoms with van der Waals surface area (Å²) in [5.74, 6) is 0. The number of aromatic nitrogens is 2. The van der Waals surface area contributed by atoms with Gasteiger partial charge in [-0.25, -0.2) is 4.68 Å². The van der Waals surface area contributed by atoms with Gasteiger partial charge in [-0.05, 0) is 43.3 Å². The molecule has 2 aromatic rings. The molecular formula is C13H16N4. The Kier molecular flexibility index (Phi) is 2.37. The summed E-state index contributed by atoms with van der Waals surface area (Å²) in [6.45, 7) is 2.07. The zero-order valence-corrected chi connectivity index (χ0v) is 9.93. The van der Waals surface area contributed by atoms with Crippen molar-refractivity contribution in [2.75, 3.05) is 19.3 Å². The highest BCUT2D eigenvalue weighted by Gasteiger charge is 2.18. The minimum atomic E-state index is 0.784. The van der Waals surface area contributed by atoms with E-state index >= 15 is 0 Å². The van der Waals surface area contributed by atoms with Crippen LogP contribution in [0.1, 0.15) is 11.3 Å². The average Bonchev–Trinajstić information content (AvgIpc) is 2.73. The molecule has 0 saturated carbocycles. The smallest absolute Gasteiger partial charge is 0.0650 e. The van der Waals surface area contributed by atoms with Crippen molar-refractivity contribution in [3.8, 4) is 5.69 Å². The van der Waals surface area contributed by atoms with Gasteiger partial charge in [0.2, 0.25) is 0 Å². The maximum Gasteiger partial charge on any atom is 0.0650 e. The Morgan fingerprint density at radius 3 is 2.76 bits per heavy atom. The molecule has 3 rings (SSSR count). The van der Waals surface area contributed by atoms with Crippen LogP contribution in [0.3, 0.4) is 0 Å². The number of fused-ring (bicyclic) bond motifs is 1. The van der Waals surface area contributed by atoms with Crippen LogP contribution in [0.15, 0.2) is 30.5 Å². The fourth-order valence-electron chi connectivity index (χ4n) is 2.27. The first-order valence-corrected chi connectivity index (χ1v) is 5.84. The van der Waals surface area contributed by atoms with Gasteiger partial charge in [0.05, 0.1) is 17.6 Å². The minimum Gasteiger partial charge on any atom is -0.399 e. The summed E-state index contributed by atoms with van der Waals surface area (Å²) in [5, 5.41) is 4.48. The molecule has 88 valence electrons. The molecule has 1 aliphatic heterocycles. The molecule has 0 radical (unpaired) electrons. The molecule has 1 aromatic carbocycles. The molecule has 2 N–H and O–H groups in total. The molecule has 0 amide bonds. The third kappa shape index (κ3) is 1.80. The first-order valence-electron chi connectivity index (χ1n) is 5.84. The van der Waals surface area contributed by atoms with Gasteiger partial charge in [-0.2, -0.15) is 5.10 Å². The van der Waals surface area contributed by atoms with E-state index in [9.17, 15) is 0 Å². The molecule has 0 fully saturated rings. The summed E-state index contributed by atoms with van der Waals surface area (Å²) in [6, 6.07) is 7.85. The number of anilines is 1. The normalized spacial score (nSPS) is 15.8. The maximum atomic E-state index is 5.70. The molecule has 1 aromatic heterocycles. The van der Waals surface area contributed by atoms with Crippen molar-refractivity contribution >= 4 is 5.69 Å². The highest BCUT2D eigenvalue weighted by Crippen LogP contribution is 2.21. The third-order valence-corrected chi connectivity index (χ3v) is 3.28. The Bertz CT molecular complexity index is 527. The minimum absolute atomic E-state index is 0.784. The monoisotopic (exact) mass is 228 g/mol. The Labute approximate surface area is 101 Å². The lowest BCUT2D eigenvalue weighted by atomic mass is 10.1. The number of nitrogens with two attached hydrogens (primary N) is 1. The number of hydrogen-bond donors (Lipinski definition) is 1. The van der Waals surface area contributed by atoms with E-state index in [1.807, 2.05) is 35.1 Å². The van der Waals surface area contributed by atoms with Crippen molar-refractivity contribution in [2.24, 2.45) is 0 Å². The van der Waals surface area contributed by atoms with Crippen LogP contribution < -0.4 is 5.73 Å². The predicted molar refractivity (Wildman–Crippen MR) is 68.0 cm³/mol. The summed E-state index contributed by atoms with van der Waals surface area (Å²) >= 11 is 0. The van der Waals surface area contributed by atoms with Crippen LogP contribution >= 0.6 is 0 Å². The van der Waals surface area contributed by atoms with Gasteiger partial charge >= 0.3 is 0 Å². The van der Waals surface area contributed by atoms with E-state index in [4.69, 9.17) is 5.73 Å². The molecule has 4 heteroatoms. The van der Waals surface area contributed by atoms with Crippen LogP contribution in [0.2, 0.25) is 0 Å². The second kappa shape index (κ2) is 3.89. The van der Waals surface area contributed by atoms with Gasteiger partial charge < -0.3 is 10.6 Å². The second-order valence-electron chi connectivity index (χ2n) is 4.61. The summed E-state index contributed by atoms with van der Waals surface area (Å²) in [4.78, 5) is 2.32. The van der Waals surface area contributed by atoms with Crippen molar-refractivity contribution in [1.29, 1.82) is 0 Å². The topological polar surface area (TPSA) is 47.1 Å². The Morgan fingerprint density at radius 1 is 1.24 bits per heavy atom. The molecule has 0 spiro atoms. The quantitative estimate of drug-likeness (QED) is 0.751. The zero-order chi connectivity index (χ0) is 11.8. The molecule has 0 atom stereocenters. The van der Waals surface area contributed by atoms with E-state index in [0.717, 1.165) is 30.9 Å². The molecule has 4 nitrogen and oxygen atoms in total. The van der Waals surface area contributed by atoms with Crippen LogP contribution in [-0.4, -0.2) is 28.3 Å². The van der Waals surface area contributed by atoms with E-state index in [2.05, 4.69) is 17.0 Å². The largest absolute Gasteiger partial charge is 0.399 e. The third-order valence-electron chi connectivity index (χ3n) is 3.28. The molecule has 0 aliphatic carbocycles. The van der Waals surface area contributed by atoms with Crippen LogP contribution in [0, 0.1) is 0 Å². The van der Waals surface area contributed by atoms with Crippen molar-refractivity contribution < 1.29 is 0 Å². The van der Waals surface area contributed by atoms with E-state index in [0.29, 0.717) is 0 Å². The van der Waals surface area contributed by atoms with Gasteiger partial charge in [0.1, 0.15) is 0 Å². The first kappa shape index (κ1) is 10.4. The van der Waals surface area contributed by atoms with Gasteiger partial charge in [0, 0.05) is 18.8 Å². The van der Waals surface area contributed by atoms with Crippen molar-refractivity contribution in [2.45, 2.75) is 13.0 Å². The van der Waals surface area contributed by atoms with E-state index in [1.54, 1.807) is 0 Å². The highest BCUT2D eigenvalue weighted by atomic mass is 15.3. The lowest BCUT2D eigenvalue weighted by Crippen LogP contribution is -2.27. The molecule has 0 saturated heterocycles. The zero-order valence-electron chi connectivity index (χ0n) is 9.93. The highest BCUT2D eigenvalue weighted by molar-refractivity contribution is 5.45. The van der Waals surface area contributed by atoms with Gasteiger partial charge in [0.25, 0.3) is 0 Å². The summed E-state index contributed by atoms with van der Waals surface area (Å²) in [5.41, 5.74) is 10.2. The number of nitrogens with zero attached hydrogens (tertiary/aromatic N) is 3. The molecule has 0 bridgehead atoms. The van der Waals surface area contributed by atoms with Crippen molar-refractivity contribution in [1.82, 2.24) is 14.7 Å². The Hall–Kier alpha value is -1.81. The van der Waals surface area contributed by atoms with E-state index < -0.39 is 0 Å². The fraction of sp³-hybridized carbons (Fsp3) is 0.308. The lowest BCUT2D eigenvalue weighted by molar-refractivity contribution is 0.305.